The largest absolute Gasteiger partial charge is 0.382 e. The second kappa shape index (κ2) is 8.96. The zero-order valence-corrected chi connectivity index (χ0v) is 14.0. The molecule has 0 spiro atoms. The molecule has 1 atom stereocenters. The van der Waals surface area contributed by atoms with Gasteiger partial charge in [-0.05, 0) is 25.0 Å². The average molecular weight is 334 g/mol. The van der Waals surface area contributed by atoms with Crippen molar-refractivity contribution in [2.45, 2.75) is 18.9 Å². The number of nitrogens with zero attached hydrogens (tertiary/aromatic N) is 2. The van der Waals surface area contributed by atoms with Crippen LogP contribution >= 0.6 is 0 Å². The molecule has 0 aliphatic carbocycles. The third-order valence-corrected chi connectivity index (χ3v) is 4.37. The molecule has 1 amide bonds. The predicted molar refractivity (Wildman–Crippen MR) is 91.3 cm³/mol. The number of rotatable bonds is 7. The van der Waals surface area contributed by atoms with E-state index in [-0.39, 0.29) is 12.0 Å². The molecular formula is C17H26N4O3. The molecule has 1 aromatic heterocycles. The summed E-state index contributed by atoms with van der Waals surface area (Å²) < 4.78 is 10.9. The molecule has 2 aliphatic heterocycles. The summed E-state index contributed by atoms with van der Waals surface area (Å²) in [7, 11) is 0. The lowest BCUT2D eigenvalue weighted by Crippen LogP contribution is -2.41. The van der Waals surface area contributed by atoms with E-state index in [1.807, 2.05) is 6.07 Å². The monoisotopic (exact) mass is 334 g/mol. The fourth-order valence-corrected chi connectivity index (χ4v) is 2.94. The van der Waals surface area contributed by atoms with Crippen molar-refractivity contribution in [1.29, 1.82) is 0 Å². The normalized spacial score (nSPS) is 21.6. The van der Waals surface area contributed by atoms with Crippen molar-refractivity contribution in [3.05, 3.63) is 24.0 Å². The van der Waals surface area contributed by atoms with Crippen molar-refractivity contribution < 1.29 is 14.3 Å². The Hall–Kier alpha value is -1.70. The highest BCUT2D eigenvalue weighted by atomic mass is 16.5. The smallest absolute Gasteiger partial charge is 0.269 e. The predicted octanol–water partition coefficient (Wildman–Crippen LogP) is 0.735. The van der Waals surface area contributed by atoms with Gasteiger partial charge in [0, 0.05) is 51.2 Å². The second-order valence-electron chi connectivity index (χ2n) is 6.16. The number of amides is 1. The van der Waals surface area contributed by atoms with E-state index >= 15 is 0 Å². The van der Waals surface area contributed by atoms with Gasteiger partial charge in [0.15, 0.2) is 0 Å². The van der Waals surface area contributed by atoms with E-state index in [4.69, 9.17) is 9.47 Å². The third-order valence-electron chi connectivity index (χ3n) is 4.37. The number of carbonyl (C=O) groups is 1. The summed E-state index contributed by atoms with van der Waals surface area (Å²) in [5.41, 5.74) is 1.34. The molecule has 7 nitrogen and oxygen atoms in total. The number of nitrogens with one attached hydrogen (secondary N) is 2. The summed E-state index contributed by atoms with van der Waals surface area (Å²) in [5.74, 6) is -0.135. The van der Waals surface area contributed by atoms with Crippen LogP contribution < -0.4 is 10.6 Å². The first kappa shape index (κ1) is 17.1. The molecule has 7 heteroatoms. The summed E-state index contributed by atoms with van der Waals surface area (Å²) in [5, 5.41) is 6.26. The lowest BCUT2D eigenvalue weighted by Gasteiger charge is -2.26. The number of carbonyl (C=O) groups excluding carboxylic acids is 1. The minimum Gasteiger partial charge on any atom is -0.382 e. The molecule has 2 N–H and O–H groups in total. The highest BCUT2D eigenvalue weighted by molar-refractivity contribution is 5.93. The van der Waals surface area contributed by atoms with Gasteiger partial charge in [-0.3, -0.25) is 14.7 Å². The number of morpholine rings is 1. The van der Waals surface area contributed by atoms with Gasteiger partial charge in [-0.1, -0.05) is 0 Å². The number of aromatic nitrogens is 1. The van der Waals surface area contributed by atoms with Crippen LogP contribution in [-0.4, -0.2) is 74.4 Å². The summed E-state index contributed by atoms with van der Waals surface area (Å²) in [4.78, 5) is 18.7. The van der Waals surface area contributed by atoms with Gasteiger partial charge in [0.05, 0.1) is 19.3 Å². The zero-order valence-electron chi connectivity index (χ0n) is 14.0. The minimum atomic E-state index is -0.135. The Morgan fingerprint density at radius 1 is 1.33 bits per heavy atom. The Bertz CT molecular complexity index is 528. The molecule has 3 rings (SSSR count). The Balaban J connectivity index is 1.42. The standard InChI is InChI=1S/C17H26N4O3/c22-17(19-5-6-21-7-10-23-11-8-21)16-12-14(3-4-18-16)20-13-15-2-1-9-24-15/h3-4,12,15H,1-2,5-11,13H2,(H,18,20)(H,19,22). The maximum Gasteiger partial charge on any atom is 0.269 e. The molecule has 132 valence electrons. The molecule has 0 radical (unpaired) electrons. The van der Waals surface area contributed by atoms with Crippen molar-refractivity contribution in [2.75, 3.05) is 57.9 Å². The Morgan fingerprint density at radius 2 is 2.21 bits per heavy atom. The highest BCUT2D eigenvalue weighted by Gasteiger charge is 2.15. The van der Waals surface area contributed by atoms with E-state index in [9.17, 15) is 4.79 Å². The van der Waals surface area contributed by atoms with E-state index < -0.39 is 0 Å². The molecule has 2 fully saturated rings. The summed E-state index contributed by atoms with van der Waals surface area (Å²) in [6.45, 7) is 6.47. The molecule has 3 heterocycles. The minimum absolute atomic E-state index is 0.135. The summed E-state index contributed by atoms with van der Waals surface area (Å²) in [6.07, 6.45) is 4.14. The Morgan fingerprint density at radius 3 is 3.00 bits per heavy atom. The molecule has 0 bridgehead atoms. The number of pyridine rings is 1. The van der Waals surface area contributed by atoms with E-state index in [0.29, 0.717) is 12.2 Å². The Labute approximate surface area is 142 Å². The van der Waals surface area contributed by atoms with E-state index in [0.717, 1.165) is 64.5 Å². The van der Waals surface area contributed by atoms with Gasteiger partial charge in [0.1, 0.15) is 5.69 Å². The van der Waals surface area contributed by atoms with Crippen molar-refractivity contribution in [3.63, 3.8) is 0 Å². The maximum atomic E-state index is 12.2. The first-order chi connectivity index (χ1) is 11.8. The van der Waals surface area contributed by atoms with Crippen LogP contribution in [0.2, 0.25) is 0 Å². The SMILES string of the molecule is O=C(NCCN1CCOCC1)c1cc(NCC2CCCO2)ccn1. The maximum absolute atomic E-state index is 12.2. The lowest BCUT2D eigenvalue weighted by atomic mass is 10.2. The fourth-order valence-electron chi connectivity index (χ4n) is 2.94. The van der Waals surface area contributed by atoms with Gasteiger partial charge in [-0.15, -0.1) is 0 Å². The van der Waals surface area contributed by atoms with E-state index in [2.05, 4.69) is 20.5 Å². The van der Waals surface area contributed by atoms with Gasteiger partial charge in [-0.25, -0.2) is 0 Å². The van der Waals surface area contributed by atoms with Crippen LogP contribution in [-0.2, 0) is 9.47 Å². The first-order valence-corrected chi connectivity index (χ1v) is 8.71. The molecule has 0 saturated carbocycles. The van der Waals surface area contributed by atoms with E-state index in [1.165, 1.54) is 0 Å². The number of hydrogen-bond donors (Lipinski definition) is 2. The average Bonchev–Trinajstić information content (AvgIpc) is 3.15. The van der Waals surface area contributed by atoms with Crippen molar-refractivity contribution >= 4 is 11.6 Å². The topological polar surface area (TPSA) is 75.7 Å². The van der Waals surface area contributed by atoms with Crippen molar-refractivity contribution in [1.82, 2.24) is 15.2 Å². The second-order valence-corrected chi connectivity index (χ2v) is 6.16. The number of anilines is 1. The molecule has 1 aromatic rings. The first-order valence-electron chi connectivity index (χ1n) is 8.71. The molecule has 1 unspecified atom stereocenters. The van der Waals surface area contributed by atoms with Crippen LogP contribution in [0, 0.1) is 0 Å². The van der Waals surface area contributed by atoms with E-state index in [1.54, 1.807) is 12.3 Å². The quantitative estimate of drug-likeness (QED) is 0.766. The molecule has 2 aliphatic rings. The van der Waals surface area contributed by atoms with Crippen LogP contribution in [0.3, 0.4) is 0 Å². The van der Waals surface area contributed by atoms with Crippen LogP contribution in [0.1, 0.15) is 23.3 Å². The zero-order chi connectivity index (χ0) is 16.6. The van der Waals surface area contributed by atoms with Crippen LogP contribution in [0.25, 0.3) is 0 Å². The lowest BCUT2D eigenvalue weighted by molar-refractivity contribution is 0.0383. The van der Waals surface area contributed by atoms with Gasteiger partial charge in [0.25, 0.3) is 5.91 Å². The molecular weight excluding hydrogens is 308 g/mol. The number of ether oxygens (including phenoxy) is 2. The third kappa shape index (κ3) is 5.15. The molecule has 0 aromatic carbocycles. The van der Waals surface area contributed by atoms with Gasteiger partial charge >= 0.3 is 0 Å². The van der Waals surface area contributed by atoms with Crippen LogP contribution in [0.4, 0.5) is 5.69 Å². The van der Waals surface area contributed by atoms with Crippen LogP contribution in [0.15, 0.2) is 18.3 Å². The Kier molecular flexibility index (Phi) is 6.40. The van der Waals surface area contributed by atoms with Gasteiger partial charge in [-0.2, -0.15) is 0 Å². The summed E-state index contributed by atoms with van der Waals surface area (Å²) >= 11 is 0. The fraction of sp³-hybridized carbons (Fsp3) is 0.647. The van der Waals surface area contributed by atoms with Gasteiger partial charge in [0.2, 0.25) is 0 Å². The highest BCUT2D eigenvalue weighted by Crippen LogP contribution is 2.14. The van der Waals surface area contributed by atoms with Crippen molar-refractivity contribution in [3.8, 4) is 0 Å². The summed E-state index contributed by atoms with van der Waals surface area (Å²) in [6, 6.07) is 3.67. The van der Waals surface area contributed by atoms with Crippen molar-refractivity contribution in [2.24, 2.45) is 0 Å². The van der Waals surface area contributed by atoms with Crippen LogP contribution in [0.5, 0.6) is 0 Å². The van der Waals surface area contributed by atoms with Gasteiger partial charge < -0.3 is 20.1 Å². The molecule has 2 saturated heterocycles. The number of hydrogen-bond acceptors (Lipinski definition) is 6. The molecule has 24 heavy (non-hydrogen) atoms.